The van der Waals surface area contributed by atoms with E-state index in [0.717, 1.165) is 38.4 Å². The van der Waals surface area contributed by atoms with Gasteiger partial charge in [-0.15, -0.1) is 0 Å². The summed E-state index contributed by atoms with van der Waals surface area (Å²) in [5.74, 6) is 1.37. The van der Waals surface area contributed by atoms with Gasteiger partial charge in [-0.05, 0) is 55.7 Å². The molecule has 7 heteroatoms. The van der Waals surface area contributed by atoms with Crippen molar-refractivity contribution in [1.29, 1.82) is 0 Å². The number of benzene rings is 1. The summed E-state index contributed by atoms with van der Waals surface area (Å²) in [6.45, 7) is 6.43. The van der Waals surface area contributed by atoms with Gasteiger partial charge in [-0.3, -0.25) is 9.69 Å². The van der Waals surface area contributed by atoms with Crippen molar-refractivity contribution < 1.29 is 18.0 Å². The maximum absolute atomic E-state index is 13.0. The number of rotatable bonds is 7. The summed E-state index contributed by atoms with van der Waals surface area (Å²) in [6, 6.07) is 5.56. The van der Waals surface area contributed by atoms with E-state index in [2.05, 4.69) is 29.4 Å². The SMILES string of the molecule is CN[C@H](CC(C)C)C(=O)N[C@@H]1CC[C@H]2CN(Cc3cccc(C(F)(F)F)c3)C[C@H]21. The van der Waals surface area contributed by atoms with Crippen molar-refractivity contribution in [1.82, 2.24) is 15.5 Å². The molecule has 0 radical (unpaired) electrons. The number of carbonyl (C=O) groups excluding carboxylic acids is 1. The Kier molecular flexibility index (Phi) is 6.89. The molecule has 1 heterocycles. The van der Waals surface area contributed by atoms with E-state index in [1.165, 1.54) is 12.1 Å². The molecule has 29 heavy (non-hydrogen) atoms. The first-order chi connectivity index (χ1) is 13.7. The van der Waals surface area contributed by atoms with E-state index >= 15 is 0 Å². The number of hydrogen-bond acceptors (Lipinski definition) is 3. The minimum atomic E-state index is -4.31. The van der Waals surface area contributed by atoms with Crippen LogP contribution in [0.1, 0.15) is 44.2 Å². The smallest absolute Gasteiger partial charge is 0.352 e. The molecule has 3 rings (SSSR count). The first-order valence-electron chi connectivity index (χ1n) is 10.5. The standard InChI is InChI=1S/C22H32F3N3O/c1-14(2)9-20(26-3)21(29)27-19-8-7-16-12-28(13-18(16)19)11-15-5-4-6-17(10-15)22(23,24)25/h4-6,10,14,16,18-20,26H,7-9,11-13H2,1-3H3,(H,27,29)/t16-,18+,19+,20+/m0/s1. The van der Waals surface area contributed by atoms with Gasteiger partial charge < -0.3 is 10.6 Å². The molecule has 0 unspecified atom stereocenters. The summed E-state index contributed by atoms with van der Waals surface area (Å²) in [6.07, 6.45) is -1.47. The molecular formula is C22H32F3N3O. The van der Waals surface area contributed by atoms with Crippen molar-refractivity contribution in [2.75, 3.05) is 20.1 Å². The number of alkyl halides is 3. The minimum Gasteiger partial charge on any atom is -0.352 e. The Balaban J connectivity index is 1.58. The number of likely N-dealkylation sites (N-methyl/N-ethyl adjacent to an activating group) is 1. The van der Waals surface area contributed by atoms with E-state index in [1.807, 2.05) is 7.05 Å². The summed E-state index contributed by atoms with van der Waals surface area (Å²) >= 11 is 0. The second kappa shape index (κ2) is 9.04. The number of amides is 1. The highest BCUT2D eigenvalue weighted by atomic mass is 19.4. The number of hydrogen-bond donors (Lipinski definition) is 2. The second-order valence-electron chi connectivity index (χ2n) is 8.98. The number of nitrogens with one attached hydrogen (secondary N) is 2. The normalized spacial score (nSPS) is 26.0. The van der Waals surface area contributed by atoms with Crippen molar-refractivity contribution >= 4 is 5.91 Å². The third-order valence-electron chi connectivity index (χ3n) is 6.29. The molecular weight excluding hydrogens is 379 g/mol. The van der Waals surface area contributed by atoms with Gasteiger partial charge in [0.1, 0.15) is 0 Å². The molecule has 4 nitrogen and oxygen atoms in total. The second-order valence-corrected chi connectivity index (χ2v) is 8.98. The lowest BCUT2D eigenvalue weighted by molar-refractivity contribution is -0.137. The van der Waals surface area contributed by atoms with E-state index in [1.54, 1.807) is 6.07 Å². The Morgan fingerprint density at radius 1 is 1.24 bits per heavy atom. The highest BCUT2D eigenvalue weighted by molar-refractivity contribution is 5.82. The number of fused-ring (bicyclic) bond motifs is 1. The first kappa shape index (κ1) is 22.1. The van der Waals surface area contributed by atoms with Crippen LogP contribution in [0.15, 0.2) is 24.3 Å². The summed E-state index contributed by atoms with van der Waals surface area (Å²) < 4.78 is 38.9. The maximum Gasteiger partial charge on any atom is 0.416 e. The summed E-state index contributed by atoms with van der Waals surface area (Å²) in [4.78, 5) is 14.9. The third-order valence-corrected chi connectivity index (χ3v) is 6.29. The first-order valence-corrected chi connectivity index (χ1v) is 10.5. The molecule has 1 aromatic carbocycles. The van der Waals surface area contributed by atoms with E-state index < -0.39 is 11.7 Å². The Hall–Kier alpha value is -1.60. The monoisotopic (exact) mass is 411 g/mol. The van der Waals surface area contributed by atoms with Gasteiger partial charge in [0.05, 0.1) is 11.6 Å². The van der Waals surface area contributed by atoms with Crippen LogP contribution in [0, 0.1) is 17.8 Å². The maximum atomic E-state index is 13.0. The average molecular weight is 412 g/mol. The van der Waals surface area contributed by atoms with E-state index in [-0.39, 0.29) is 18.0 Å². The quantitative estimate of drug-likeness (QED) is 0.720. The zero-order valence-corrected chi connectivity index (χ0v) is 17.4. The van der Waals surface area contributed by atoms with E-state index in [4.69, 9.17) is 0 Å². The van der Waals surface area contributed by atoms with Crippen LogP contribution in [-0.2, 0) is 17.5 Å². The Labute approximate surface area is 171 Å². The van der Waals surface area contributed by atoms with Crippen LogP contribution in [-0.4, -0.2) is 43.0 Å². The molecule has 4 atom stereocenters. The van der Waals surface area contributed by atoms with E-state index in [0.29, 0.717) is 29.9 Å². The van der Waals surface area contributed by atoms with Crippen LogP contribution < -0.4 is 10.6 Å². The predicted molar refractivity (Wildman–Crippen MR) is 107 cm³/mol. The zero-order valence-electron chi connectivity index (χ0n) is 17.4. The van der Waals surface area contributed by atoms with Crippen LogP contribution in [0.5, 0.6) is 0 Å². The summed E-state index contributed by atoms with van der Waals surface area (Å²) in [5.41, 5.74) is 0.0929. The van der Waals surface area contributed by atoms with Gasteiger partial charge in [0.25, 0.3) is 0 Å². The highest BCUT2D eigenvalue weighted by Crippen LogP contribution is 2.39. The topological polar surface area (TPSA) is 44.4 Å². The lowest BCUT2D eigenvalue weighted by Crippen LogP contribution is -2.49. The largest absolute Gasteiger partial charge is 0.416 e. The molecule has 2 fully saturated rings. The van der Waals surface area contributed by atoms with Crippen molar-refractivity contribution in [3.63, 3.8) is 0 Å². The van der Waals surface area contributed by atoms with Crippen molar-refractivity contribution in [3.05, 3.63) is 35.4 Å². The van der Waals surface area contributed by atoms with Gasteiger partial charge in [0, 0.05) is 25.7 Å². The van der Waals surface area contributed by atoms with Gasteiger partial charge in [-0.2, -0.15) is 13.2 Å². The summed E-state index contributed by atoms with van der Waals surface area (Å²) in [5, 5.41) is 6.35. The van der Waals surface area contributed by atoms with Crippen LogP contribution in [0.2, 0.25) is 0 Å². The predicted octanol–water partition coefficient (Wildman–Crippen LogP) is 3.67. The zero-order chi connectivity index (χ0) is 21.2. The Bertz CT molecular complexity index is 707. The van der Waals surface area contributed by atoms with E-state index in [9.17, 15) is 18.0 Å². The van der Waals surface area contributed by atoms with Gasteiger partial charge in [0.15, 0.2) is 0 Å². The van der Waals surface area contributed by atoms with Crippen LogP contribution >= 0.6 is 0 Å². The average Bonchev–Trinajstić information content (AvgIpc) is 3.20. The molecule has 1 saturated heterocycles. The molecule has 0 spiro atoms. The van der Waals surface area contributed by atoms with Crippen LogP contribution in [0.25, 0.3) is 0 Å². The molecule has 1 aliphatic heterocycles. The lowest BCUT2D eigenvalue weighted by atomic mass is 9.97. The molecule has 162 valence electrons. The van der Waals surface area contributed by atoms with Crippen molar-refractivity contribution in [2.45, 2.75) is 57.9 Å². The van der Waals surface area contributed by atoms with Gasteiger partial charge in [-0.1, -0.05) is 32.0 Å². The fraction of sp³-hybridized carbons (Fsp3) is 0.682. The third kappa shape index (κ3) is 5.51. The highest BCUT2D eigenvalue weighted by Gasteiger charge is 2.43. The number of nitrogens with zero attached hydrogens (tertiary/aromatic N) is 1. The molecule has 2 N–H and O–H groups in total. The molecule has 0 aromatic heterocycles. The molecule has 1 amide bonds. The van der Waals surface area contributed by atoms with Crippen molar-refractivity contribution in [3.8, 4) is 0 Å². The minimum absolute atomic E-state index is 0.0585. The number of halogens is 3. The van der Waals surface area contributed by atoms with Gasteiger partial charge in [-0.25, -0.2) is 0 Å². The fourth-order valence-corrected chi connectivity index (χ4v) is 4.88. The van der Waals surface area contributed by atoms with Gasteiger partial charge in [0.2, 0.25) is 5.91 Å². The van der Waals surface area contributed by atoms with Gasteiger partial charge >= 0.3 is 6.18 Å². The number of carbonyl (C=O) groups is 1. The Morgan fingerprint density at radius 2 is 2.00 bits per heavy atom. The molecule has 2 aliphatic rings. The molecule has 1 aromatic rings. The van der Waals surface area contributed by atoms with Crippen LogP contribution in [0.3, 0.4) is 0 Å². The summed E-state index contributed by atoms with van der Waals surface area (Å²) in [7, 11) is 1.82. The molecule has 1 aliphatic carbocycles. The fourth-order valence-electron chi connectivity index (χ4n) is 4.88. The lowest BCUT2D eigenvalue weighted by Gasteiger charge is -2.25. The Morgan fingerprint density at radius 3 is 2.66 bits per heavy atom. The van der Waals surface area contributed by atoms with Crippen molar-refractivity contribution in [2.24, 2.45) is 17.8 Å². The van der Waals surface area contributed by atoms with Crippen LogP contribution in [0.4, 0.5) is 13.2 Å². The molecule has 0 bridgehead atoms. The number of likely N-dealkylation sites (tertiary alicyclic amines) is 1. The molecule has 1 saturated carbocycles.